The third-order valence-corrected chi connectivity index (χ3v) is 4.06. The van der Waals surface area contributed by atoms with Crippen molar-refractivity contribution in [2.45, 2.75) is 13.8 Å². The molecule has 0 saturated carbocycles. The molecule has 0 aliphatic rings. The minimum Gasteiger partial charge on any atom is -0.355 e. The third kappa shape index (κ3) is 2.61. The molecule has 0 radical (unpaired) electrons. The molecule has 0 atom stereocenters. The van der Waals surface area contributed by atoms with Crippen LogP contribution in [0.25, 0.3) is 33.3 Å². The van der Waals surface area contributed by atoms with Crippen molar-refractivity contribution in [3.05, 3.63) is 72.3 Å². The van der Waals surface area contributed by atoms with Gasteiger partial charge in [0.05, 0.1) is 0 Å². The van der Waals surface area contributed by atoms with E-state index in [1.807, 2.05) is 38.4 Å². The molecule has 0 amide bonds. The Hall–Kier alpha value is -2.94. The minimum absolute atomic E-state index is 1.02. The van der Waals surface area contributed by atoms with Gasteiger partial charge in [0.15, 0.2) is 0 Å². The van der Waals surface area contributed by atoms with Crippen LogP contribution in [0.3, 0.4) is 0 Å². The van der Waals surface area contributed by atoms with E-state index in [9.17, 15) is 0 Å². The molecule has 3 nitrogen and oxygen atoms in total. The highest BCUT2D eigenvalue weighted by molar-refractivity contribution is 5.89. The van der Waals surface area contributed by atoms with E-state index < -0.39 is 0 Å². The van der Waals surface area contributed by atoms with E-state index in [2.05, 4.69) is 51.4 Å². The zero-order valence-corrected chi connectivity index (χ0v) is 13.2. The summed E-state index contributed by atoms with van der Waals surface area (Å²) in [6, 6.07) is 17.0. The van der Waals surface area contributed by atoms with Gasteiger partial charge in [-0.3, -0.25) is 9.97 Å². The number of benzene rings is 1. The lowest BCUT2D eigenvalue weighted by molar-refractivity contribution is 1.20. The summed E-state index contributed by atoms with van der Waals surface area (Å²) in [5, 5.41) is 1.21. The Bertz CT molecular complexity index is 955. The van der Waals surface area contributed by atoms with Crippen molar-refractivity contribution in [1.82, 2.24) is 15.0 Å². The fraction of sp³-hybridized carbons (Fsp3) is 0.100. The number of pyridine rings is 2. The van der Waals surface area contributed by atoms with E-state index in [1.54, 1.807) is 0 Å². The quantitative estimate of drug-likeness (QED) is 0.571. The first kappa shape index (κ1) is 13.7. The van der Waals surface area contributed by atoms with Crippen LogP contribution in [-0.4, -0.2) is 15.0 Å². The Balaban J connectivity index is 1.81. The van der Waals surface area contributed by atoms with Crippen molar-refractivity contribution >= 4 is 10.9 Å². The zero-order valence-electron chi connectivity index (χ0n) is 13.2. The van der Waals surface area contributed by atoms with Crippen molar-refractivity contribution < 1.29 is 0 Å². The van der Waals surface area contributed by atoms with Gasteiger partial charge in [-0.05, 0) is 67.4 Å². The molecule has 4 rings (SSSR count). The first-order chi connectivity index (χ1) is 11.2. The molecule has 0 aliphatic heterocycles. The Morgan fingerprint density at radius 3 is 2.09 bits per heavy atom. The predicted molar refractivity (Wildman–Crippen MR) is 94.2 cm³/mol. The number of rotatable bonds is 2. The van der Waals surface area contributed by atoms with Gasteiger partial charge in [0.1, 0.15) is 0 Å². The third-order valence-electron chi connectivity index (χ3n) is 4.06. The van der Waals surface area contributed by atoms with Crippen LogP contribution in [0.15, 0.2) is 60.9 Å². The maximum Gasteiger partial charge on any atom is 0.0466 e. The van der Waals surface area contributed by atoms with E-state index in [0.717, 1.165) is 28.2 Å². The predicted octanol–water partition coefficient (Wildman–Crippen LogP) is 4.91. The van der Waals surface area contributed by atoms with Crippen molar-refractivity contribution in [1.29, 1.82) is 0 Å². The number of hydrogen-bond donors (Lipinski definition) is 1. The van der Waals surface area contributed by atoms with Crippen LogP contribution in [0.5, 0.6) is 0 Å². The second-order valence-electron chi connectivity index (χ2n) is 5.86. The van der Waals surface area contributed by atoms with Gasteiger partial charge in [-0.1, -0.05) is 6.07 Å². The molecule has 0 fully saturated rings. The molecular formula is C20H17N3. The fourth-order valence-corrected chi connectivity index (χ4v) is 2.91. The second kappa shape index (κ2) is 5.36. The molecule has 4 aromatic rings. The standard InChI is InChI=1S/C20H17N3/c1-13-9-16(5-7-21-13)15-3-4-19-18(11-15)12-20(23-19)17-6-8-22-14(2)10-17/h3-12,23H,1-2H3. The maximum atomic E-state index is 4.27. The summed E-state index contributed by atoms with van der Waals surface area (Å²) in [5.41, 5.74) is 7.88. The van der Waals surface area contributed by atoms with E-state index >= 15 is 0 Å². The molecule has 23 heavy (non-hydrogen) atoms. The monoisotopic (exact) mass is 299 g/mol. The van der Waals surface area contributed by atoms with Crippen LogP contribution in [-0.2, 0) is 0 Å². The van der Waals surface area contributed by atoms with Gasteiger partial charge in [-0.25, -0.2) is 0 Å². The molecule has 0 aliphatic carbocycles. The minimum atomic E-state index is 1.02. The Kier molecular flexibility index (Phi) is 3.19. The number of nitrogens with zero attached hydrogens (tertiary/aromatic N) is 2. The Morgan fingerprint density at radius 1 is 0.696 bits per heavy atom. The van der Waals surface area contributed by atoms with Crippen LogP contribution in [0, 0.1) is 13.8 Å². The topological polar surface area (TPSA) is 41.6 Å². The Morgan fingerprint density at radius 2 is 1.35 bits per heavy atom. The van der Waals surface area contributed by atoms with Crippen molar-refractivity contribution in [2.24, 2.45) is 0 Å². The largest absolute Gasteiger partial charge is 0.355 e. The second-order valence-corrected chi connectivity index (χ2v) is 5.86. The molecular weight excluding hydrogens is 282 g/mol. The maximum absolute atomic E-state index is 4.27. The molecule has 0 saturated heterocycles. The smallest absolute Gasteiger partial charge is 0.0466 e. The van der Waals surface area contributed by atoms with Gasteiger partial charge in [0.2, 0.25) is 0 Å². The van der Waals surface area contributed by atoms with Gasteiger partial charge in [0, 0.05) is 45.9 Å². The van der Waals surface area contributed by atoms with E-state index in [4.69, 9.17) is 0 Å². The molecule has 3 heteroatoms. The van der Waals surface area contributed by atoms with Gasteiger partial charge in [-0.2, -0.15) is 0 Å². The summed E-state index contributed by atoms with van der Waals surface area (Å²) < 4.78 is 0. The molecule has 0 spiro atoms. The summed E-state index contributed by atoms with van der Waals surface area (Å²) in [4.78, 5) is 12.0. The summed E-state index contributed by atoms with van der Waals surface area (Å²) in [6.45, 7) is 4.03. The molecule has 3 heterocycles. The molecule has 0 unspecified atom stereocenters. The molecule has 1 aromatic carbocycles. The van der Waals surface area contributed by atoms with Crippen molar-refractivity contribution in [3.8, 4) is 22.4 Å². The molecule has 112 valence electrons. The van der Waals surface area contributed by atoms with Crippen LogP contribution < -0.4 is 0 Å². The lowest BCUT2D eigenvalue weighted by Crippen LogP contribution is -1.82. The number of aryl methyl sites for hydroxylation is 2. The normalized spacial score (nSPS) is 11.0. The number of fused-ring (bicyclic) bond motifs is 1. The van der Waals surface area contributed by atoms with Gasteiger partial charge in [-0.15, -0.1) is 0 Å². The highest BCUT2D eigenvalue weighted by Crippen LogP contribution is 2.28. The number of hydrogen-bond acceptors (Lipinski definition) is 2. The van der Waals surface area contributed by atoms with Gasteiger partial charge >= 0.3 is 0 Å². The summed E-state index contributed by atoms with van der Waals surface area (Å²) in [6.07, 6.45) is 3.71. The Labute approximate surface area is 135 Å². The first-order valence-corrected chi connectivity index (χ1v) is 7.68. The van der Waals surface area contributed by atoms with E-state index in [1.165, 1.54) is 16.5 Å². The lowest BCUT2D eigenvalue weighted by Gasteiger charge is -2.02. The van der Waals surface area contributed by atoms with E-state index in [0.29, 0.717) is 0 Å². The van der Waals surface area contributed by atoms with Crippen molar-refractivity contribution in [2.75, 3.05) is 0 Å². The summed E-state index contributed by atoms with van der Waals surface area (Å²) >= 11 is 0. The first-order valence-electron chi connectivity index (χ1n) is 7.68. The molecule has 0 bridgehead atoms. The SMILES string of the molecule is Cc1cc(-c2ccc3[nH]c(-c4ccnc(C)c4)cc3c2)ccn1. The van der Waals surface area contributed by atoms with Crippen LogP contribution in [0.2, 0.25) is 0 Å². The molecule has 1 N–H and O–H groups in total. The number of aromatic amines is 1. The lowest BCUT2D eigenvalue weighted by atomic mass is 10.0. The highest BCUT2D eigenvalue weighted by atomic mass is 14.7. The van der Waals surface area contributed by atoms with Crippen LogP contribution in [0.4, 0.5) is 0 Å². The van der Waals surface area contributed by atoms with Gasteiger partial charge < -0.3 is 4.98 Å². The number of nitrogens with one attached hydrogen (secondary N) is 1. The van der Waals surface area contributed by atoms with Crippen molar-refractivity contribution in [3.63, 3.8) is 0 Å². The average molecular weight is 299 g/mol. The number of H-pyrrole nitrogens is 1. The molecule has 3 aromatic heterocycles. The van der Waals surface area contributed by atoms with Crippen LogP contribution in [0.1, 0.15) is 11.4 Å². The summed E-state index contributed by atoms with van der Waals surface area (Å²) in [5.74, 6) is 0. The van der Waals surface area contributed by atoms with Crippen LogP contribution >= 0.6 is 0 Å². The number of aromatic nitrogens is 3. The van der Waals surface area contributed by atoms with E-state index in [-0.39, 0.29) is 0 Å². The zero-order chi connectivity index (χ0) is 15.8. The summed E-state index contributed by atoms with van der Waals surface area (Å²) in [7, 11) is 0. The fourth-order valence-electron chi connectivity index (χ4n) is 2.91. The highest BCUT2D eigenvalue weighted by Gasteiger charge is 2.06. The average Bonchev–Trinajstić information content (AvgIpc) is 2.98. The van der Waals surface area contributed by atoms with Gasteiger partial charge in [0.25, 0.3) is 0 Å².